The molecule has 2 atom stereocenters. The maximum Gasteiger partial charge on any atom is 0.124 e. The molecule has 0 bridgehead atoms. The summed E-state index contributed by atoms with van der Waals surface area (Å²) in [5.74, 6) is 0.0584. The number of hydrogen-bond donors (Lipinski definition) is 1. The van der Waals surface area contributed by atoms with E-state index in [1.807, 2.05) is 20.8 Å². The molecule has 0 radical (unpaired) electrons. The van der Waals surface area contributed by atoms with Crippen molar-refractivity contribution in [3.8, 4) is 5.75 Å². The second kappa shape index (κ2) is 6.16. The van der Waals surface area contributed by atoms with E-state index < -0.39 is 17.5 Å². The second-order valence-electron chi connectivity index (χ2n) is 4.39. The molecule has 1 N–H and O–H groups in total. The van der Waals surface area contributed by atoms with E-state index in [2.05, 4.69) is 0 Å². The molecule has 4 heteroatoms. The summed E-state index contributed by atoms with van der Waals surface area (Å²) >= 11 is 0. The largest absolute Gasteiger partial charge is 0.496 e. The number of aliphatic hydroxyl groups is 1. The van der Waals surface area contributed by atoms with Crippen molar-refractivity contribution in [2.75, 3.05) is 13.7 Å². The Morgan fingerprint density at radius 2 is 2.06 bits per heavy atom. The van der Waals surface area contributed by atoms with Gasteiger partial charge in [0.25, 0.3) is 0 Å². The van der Waals surface area contributed by atoms with Crippen molar-refractivity contribution in [2.45, 2.75) is 38.9 Å². The van der Waals surface area contributed by atoms with Crippen LogP contribution in [0.5, 0.6) is 5.75 Å². The highest BCUT2D eigenvalue weighted by molar-refractivity contribution is 5.37. The van der Waals surface area contributed by atoms with Gasteiger partial charge < -0.3 is 14.6 Å². The van der Waals surface area contributed by atoms with Gasteiger partial charge in [-0.15, -0.1) is 0 Å². The summed E-state index contributed by atoms with van der Waals surface area (Å²) in [6.07, 6.45) is -0.324. The molecular formula is C14H21FO3. The molecule has 0 aliphatic rings. The van der Waals surface area contributed by atoms with Gasteiger partial charge in [0.05, 0.1) is 12.7 Å². The molecule has 0 spiro atoms. The van der Waals surface area contributed by atoms with Gasteiger partial charge in [-0.1, -0.05) is 6.92 Å². The maximum atomic E-state index is 13.3. The lowest BCUT2D eigenvalue weighted by Gasteiger charge is -2.34. The topological polar surface area (TPSA) is 38.7 Å². The van der Waals surface area contributed by atoms with Gasteiger partial charge in [0.2, 0.25) is 0 Å². The molecule has 2 unspecified atom stereocenters. The van der Waals surface area contributed by atoms with Gasteiger partial charge >= 0.3 is 0 Å². The molecule has 18 heavy (non-hydrogen) atoms. The van der Waals surface area contributed by atoms with Gasteiger partial charge in [-0.05, 0) is 38.5 Å². The Morgan fingerprint density at radius 3 is 2.56 bits per heavy atom. The van der Waals surface area contributed by atoms with Gasteiger partial charge in [0.15, 0.2) is 0 Å². The van der Waals surface area contributed by atoms with E-state index in [1.165, 1.54) is 25.3 Å². The van der Waals surface area contributed by atoms with Crippen LogP contribution in [0.2, 0.25) is 0 Å². The van der Waals surface area contributed by atoms with Crippen LogP contribution >= 0.6 is 0 Å². The van der Waals surface area contributed by atoms with Gasteiger partial charge in [-0.25, -0.2) is 4.39 Å². The number of methoxy groups -OCH3 is 1. The molecule has 0 fully saturated rings. The molecule has 0 amide bonds. The van der Waals surface area contributed by atoms with E-state index in [4.69, 9.17) is 9.47 Å². The first-order chi connectivity index (χ1) is 8.48. The Balaban J connectivity index is 3.15. The predicted octanol–water partition coefficient (Wildman–Crippen LogP) is 3.07. The molecular weight excluding hydrogens is 235 g/mol. The average molecular weight is 256 g/mol. The van der Waals surface area contributed by atoms with Gasteiger partial charge in [0.1, 0.15) is 17.7 Å². The molecule has 1 aromatic rings. The minimum atomic E-state index is -0.937. The monoisotopic (exact) mass is 256 g/mol. The zero-order valence-corrected chi connectivity index (χ0v) is 11.4. The highest BCUT2D eigenvalue weighted by Gasteiger charge is 2.35. The lowest BCUT2D eigenvalue weighted by Crippen LogP contribution is -2.36. The summed E-state index contributed by atoms with van der Waals surface area (Å²) in [5, 5.41) is 10.4. The van der Waals surface area contributed by atoms with Crippen LogP contribution in [-0.4, -0.2) is 24.4 Å². The fourth-order valence-corrected chi connectivity index (χ4v) is 1.95. The Kier molecular flexibility index (Phi) is 5.11. The van der Waals surface area contributed by atoms with Crippen molar-refractivity contribution >= 4 is 0 Å². The van der Waals surface area contributed by atoms with Crippen molar-refractivity contribution in [1.29, 1.82) is 0 Å². The summed E-state index contributed by atoms with van der Waals surface area (Å²) < 4.78 is 24.1. The zero-order valence-electron chi connectivity index (χ0n) is 11.4. The Hall–Kier alpha value is -1.13. The Morgan fingerprint density at radius 1 is 1.39 bits per heavy atom. The third-order valence-corrected chi connectivity index (χ3v) is 3.24. The van der Waals surface area contributed by atoms with Crippen LogP contribution in [0, 0.1) is 5.82 Å². The molecule has 0 aromatic heterocycles. The number of hydrogen-bond acceptors (Lipinski definition) is 3. The van der Waals surface area contributed by atoms with E-state index in [0.29, 0.717) is 24.3 Å². The number of benzene rings is 1. The van der Waals surface area contributed by atoms with Crippen LogP contribution in [-0.2, 0) is 4.74 Å². The van der Waals surface area contributed by atoms with Crippen LogP contribution in [0.4, 0.5) is 4.39 Å². The van der Waals surface area contributed by atoms with Gasteiger partial charge in [-0.3, -0.25) is 0 Å². The lowest BCUT2D eigenvalue weighted by molar-refractivity contribution is -0.113. The lowest BCUT2D eigenvalue weighted by atomic mass is 9.89. The number of rotatable bonds is 6. The number of aliphatic hydroxyl groups excluding tert-OH is 1. The fourth-order valence-electron chi connectivity index (χ4n) is 1.95. The molecule has 3 nitrogen and oxygen atoms in total. The van der Waals surface area contributed by atoms with Crippen molar-refractivity contribution in [1.82, 2.24) is 0 Å². The van der Waals surface area contributed by atoms with E-state index in [0.717, 1.165) is 0 Å². The van der Waals surface area contributed by atoms with Gasteiger partial charge in [0, 0.05) is 12.2 Å². The first-order valence-corrected chi connectivity index (χ1v) is 6.14. The average Bonchev–Trinajstić information content (AvgIpc) is 2.38. The normalized spacial score (nSPS) is 16.1. The standard InChI is InChI=1S/C14H21FO3/c1-5-14(3,18-6-2)13(16)11-9-10(15)7-8-12(11)17-4/h7-9,13,16H,5-6H2,1-4H3. The highest BCUT2D eigenvalue weighted by atomic mass is 19.1. The summed E-state index contributed by atoms with van der Waals surface area (Å²) in [6, 6.07) is 4.10. The number of ether oxygens (including phenoxy) is 2. The van der Waals surface area contributed by atoms with E-state index in [-0.39, 0.29) is 0 Å². The van der Waals surface area contributed by atoms with E-state index in [1.54, 1.807) is 0 Å². The van der Waals surface area contributed by atoms with E-state index in [9.17, 15) is 9.50 Å². The van der Waals surface area contributed by atoms with Crippen molar-refractivity contribution in [3.63, 3.8) is 0 Å². The molecule has 0 heterocycles. The summed E-state index contributed by atoms with van der Waals surface area (Å²) in [6.45, 7) is 6.08. The first-order valence-electron chi connectivity index (χ1n) is 6.14. The maximum absolute atomic E-state index is 13.3. The molecule has 0 saturated heterocycles. The smallest absolute Gasteiger partial charge is 0.124 e. The molecule has 102 valence electrons. The highest BCUT2D eigenvalue weighted by Crippen LogP contribution is 2.36. The SMILES string of the molecule is CCOC(C)(CC)C(O)c1cc(F)ccc1OC. The van der Waals surface area contributed by atoms with Gasteiger partial charge in [-0.2, -0.15) is 0 Å². The van der Waals surface area contributed by atoms with Crippen molar-refractivity contribution < 1.29 is 19.0 Å². The summed E-state index contributed by atoms with van der Waals surface area (Å²) in [4.78, 5) is 0. The summed E-state index contributed by atoms with van der Waals surface area (Å²) in [5.41, 5.74) is -0.342. The molecule has 1 aromatic carbocycles. The molecule has 0 aliphatic carbocycles. The second-order valence-corrected chi connectivity index (χ2v) is 4.39. The van der Waals surface area contributed by atoms with Crippen molar-refractivity contribution in [3.05, 3.63) is 29.6 Å². The minimum absolute atomic E-state index is 0.403. The minimum Gasteiger partial charge on any atom is -0.496 e. The molecule has 0 saturated carbocycles. The Bertz CT molecular complexity index is 395. The zero-order chi connectivity index (χ0) is 13.8. The third-order valence-electron chi connectivity index (χ3n) is 3.24. The molecule has 0 aliphatic heterocycles. The quantitative estimate of drug-likeness (QED) is 0.850. The third kappa shape index (κ3) is 3.00. The predicted molar refractivity (Wildman–Crippen MR) is 68.2 cm³/mol. The van der Waals surface area contributed by atoms with Crippen LogP contribution in [0.1, 0.15) is 38.9 Å². The van der Waals surface area contributed by atoms with E-state index >= 15 is 0 Å². The van der Waals surface area contributed by atoms with Crippen LogP contribution in [0.3, 0.4) is 0 Å². The van der Waals surface area contributed by atoms with Crippen LogP contribution in [0.25, 0.3) is 0 Å². The number of halogens is 1. The summed E-state index contributed by atoms with van der Waals surface area (Å²) in [7, 11) is 1.49. The fraction of sp³-hybridized carbons (Fsp3) is 0.571. The Labute approximate surface area is 108 Å². The van der Waals surface area contributed by atoms with Crippen LogP contribution < -0.4 is 4.74 Å². The van der Waals surface area contributed by atoms with Crippen molar-refractivity contribution in [2.24, 2.45) is 0 Å². The van der Waals surface area contributed by atoms with Crippen LogP contribution in [0.15, 0.2) is 18.2 Å². The first kappa shape index (κ1) is 14.9. The molecule has 1 rings (SSSR count).